The van der Waals surface area contributed by atoms with Gasteiger partial charge in [0, 0.05) is 6.42 Å². The van der Waals surface area contributed by atoms with Gasteiger partial charge in [0.25, 0.3) is 0 Å². The number of carbonyl (C=O) groups excluding carboxylic acids is 1. The predicted octanol–water partition coefficient (Wildman–Crippen LogP) is 1.48. The number of unbranched alkanes of at least 4 members (excludes halogenated alkanes) is 1. The van der Waals surface area contributed by atoms with Crippen LogP contribution in [0.1, 0.15) is 26.2 Å². The molecule has 0 aromatic carbocycles. The Morgan fingerprint density at radius 3 is 2.09 bits per heavy atom. The number of Topliss-reactive ketones (excluding diaryl/α,β-unsaturated/α-hetero) is 1. The van der Waals surface area contributed by atoms with E-state index in [4.69, 9.17) is 0 Å². The van der Waals surface area contributed by atoms with Gasteiger partial charge in [-0.2, -0.15) is 13.2 Å². The average molecular weight is 172 g/mol. The Bertz CT molecular complexity index is 119. The van der Waals surface area contributed by atoms with Gasteiger partial charge in [-0.25, -0.2) is 0 Å². The summed E-state index contributed by atoms with van der Waals surface area (Å²) in [6.07, 6.45) is -4.07. The fourth-order valence-corrected chi connectivity index (χ4v) is 0.479. The van der Waals surface area contributed by atoms with Crippen LogP contribution in [0.2, 0.25) is 0 Å². The second kappa shape index (κ2) is 5.12. The molecule has 0 bridgehead atoms. The highest BCUT2D eigenvalue weighted by molar-refractivity contribution is 5.83. The molecule has 0 amide bonds. The van der Waals surface area contributed by atoms with Crippen molar-refractivity contribution in [3.63, 3.8) is 0 Å². The number of alkyl halides is 3. The Morgan fingerprint density at radius 1 is 1.36 bits per heavy atom. The number of ketones is 1. The Hall–Kier alpha value is -0.580. The lowest BCUT2D eigenvalue weighted by molar-refractivity contribution is -0.171. The number of hydrogen-bond donors (Lipinski definition) is 0. The Morgan fingerprint density at radius 2 is 1.82 bits per heavy atom. The van der Waals surface area contributed by atoms with Crippen molar-refractivity contribution in [2.24, 2.45) is 0 Å². The highest BCUT2D eigenvalue weighted by Gasteiger charge is 2.36. The van der Waals surface area contributed by atoms with Crippen LogP contribution in [0.4, 0.5) is 13.2 Å². The molecule has 0 radical (unpaired) electrons. The van der Waals surface area contributed by atoms with Gasteiger partial charge in [0.05, 0.1) is 0 Å². The topological polar surface area (TPSA) is 48.6 Å². The van der Waals surface area contributed by atoms with E-state index in [9.17, 15) is 18.0 Å². The minimum atomic E-state index is -4.63. The normalized spacial score (nSPS) is 10.5. The van der Waals surface area contributed by atoms with Gasteiger partial charge in [0.15, 0.2) is 0 Å². The third-order valence-corrected chi connectivity index (χ3v) is 1.07. The first-order valence-electron chi connectivity index (χ1n) is 3.08. The molecule has 0 atom stereocenters. The molecule has 0 aromatic rings. The molecule has 0 fully saturated rings. The van der Waals surface area contributed by atoms with Crippen molar-refractivity contribution in [3.05, 3.63) is 0 Å². The summed E-state index contributed by atoms with van der Waals surface area (Å²) in [6.45, 7) is 1.74. The zero-order valence-corrected chi connectivity index (χ0v) is 6.16. The van der Waals surface area contributed by atoms with Crippen molar-refractivity contribution in [1.82, 2.24) is 0 Å². The number of hydrogen-bond acceptors (Lipinski definition) is 1. The van der Waals surface area contributed by atoms with Gasteiger partial charge in [-0.1, -0.05) is 13.3 Å². The standard InChI is InChI=1S/C6H9F3O.H2O/c1-2-3-4-5(10)6(7,8)9;/h2-4H2,1H3;1H2. The number of carbonyl (C=O) groups is 1. The first kappa shape index (κ1) is 13.0. The van der Waals surface area contributed by atoms with Gasteiger partial charge in [-0.3, -0.25) is 4.79 Å². The molecular formula is C6H11F3O2. The average Bonchev–Trinajstić information content (AvgIpc) is 1.80. The lowest BCUT2D eigenvalue weighted by atomic mass is 10.2. The summed E-state index contributed by atoms with van der Waals surface area (Å²) in [5.41, 5.74) is 0. The fraction of sp³-hybridized carbons (Fsp3) is 0.833. The minimum absolute atomic E-state index is 0. The molecule has 0 aliphatic carbocycles. The van der Waals surface area contributed by atoms with E-state index in [0.29, 0.717) is 12.8 Å². The Balaban J connectivity index is 0. The molecule has 0 heterocycles. The summed E-state index contributed by atoms with van der Waals surface area (Å²) in [7, 11) is 0. The van der Waals surface area contributed by atoms with Gasteiger partial charge in [-0.05, 0) is 6.42 Å². The highest BCUT2D eigenvalue weighted by atomic mass is 19.4. The van der Waals surface area contributed by atoms with E-state index in [1.807, 2.05) is 0 Å². The van der Waals surface area contributed by atoms with E-state index >= 15 is 0 Å². The molecule has 5 heteroatoms. The Kier molecular flexibility index (Phi) is 6.07. The van der Waals surface area contributed by atoms with E-state index in [0.717, 1.165) is 0 Å². The summed E-state index contributed by atoms with van der Waals surface area (Å²) in [4.78, 5) is 10.1. The van der Waals surface area contributed by atoms with Gasteiger partial charge in [-0.15, -0.1) is 0 Å². The second-order valence-corrected chi connectivity index (χ2v) is 2.02. The van der Waals surface area contributed by atoms with Crippen molar-refractivity contribution >= 4 is 5.78 Å². The van der Waals surface area contributed by atoms with Crippen molar-refractivity contribution in [1.29, 1.82) is 0 Å². The first-order chi connectivity index (χ1) is 4.48. The minimum Gasteiger partial charge on any atom is -0.412 e. The third-order valence-electron chi connectivity index (χ3n) is 1.07. The Labute approximate surface area is 62.7 Å². The van der Waals surface area contributed by atoms with Crippen LogP contribution in [0, 0.1) is 0 Å². The zero-order valence-electron chi connectivity index (χ0n) is 6.16. The predicted molar refractivity (Wildman–Crippen MR) is 34.2 cm³/mol. The quantitative estimate of drug-likeness (QED) is 0.636. The molecule has 0 saturated carbocycles. The van der Waals surface area contributed by atoms with E-state index in [-0.39, 0.29) is 11.9 Å². The van der Waals surface area contributed by atoms with Gasteiger partial charge in [0.2, 0.25) is 5.78 Å². The maximum Gasteiger partial charge on any atom is 0.449 e. The molecule has 0 unspecified atom stereocenters. The summed E-state index contributed by atoms with van der Waals surface area (Å²) >= 11 is 0. The SMILES string of the molecule is CCCCC(=O)C(F)(F)F.O. The number of halogens is 3. The van der Waals surface area contributed by atoms with E-state index in [1.54, 1.807) is 6.92 Å². The maximum absolute atomic E-state index is 11.4. The van der Waals surface area contributed by atoms with Gasteiger partial charge in [0.1, 0.15) is 0 Å². The fourth-order valence-electron chi connectivity index (χ4n) is 0.479. The molecule has 2 N–H and O–H groups in total. The summed E-state index contributed by atoms with van der Waals surface area (Å²) < 4.78 is 34.3. The molecule has 2 nitrogen and oxygen atoms in total. The van der Waals surface area contributed by atoms with Gasteiger partial charge >= 0.3 is 6.18 Å². The van der Waals surface area contributed by atoms with E-state index in [1.165, 1.54) is 0 Å². The van der Waals surface area contributed by atoms with Crippen LogP contribution in [0.5, 0.6) is 0 Å². The lowest BCUT2D eigenvalue weighted by Crippen LogP contribution is -2.21. The first-order valence-corrected chi connectivity index (χ1v) is 3.08. The highest BCUT2D eigenvalue weighted by Crippen LogP contribution is 2.18. The van der Waals surface area contributed by atoms with Crippen LogP contribution in [-0.4, -0.2) is 17.4 Å². The molecule has 0 aliphatic rings. The van der Waals surface area contributed by atoms with E-state index < -0.39 is 12.0 Å². The zero-order chi connectivity index (χ0) is 8.20. The smallest absolute Gasteiger partial charge is 0.412 e. The van der Waals surface area contributed by atoms with Crippen molar-refractivity contribution in [2.75, 3.05) is 0 Å². The molecule has 0 rings (SSSR count). The van der Waals surface area contributed by atoms with E-state index in [2.05, 4.69) is 0 Å². The largest absolute Gasteiger partial charge is 0.449 e. The van der Waals surface area contributed by atoms with Crippen LogP contribution in [-0.2, 0) is 4.79 Å². The molecule has 0 aromatic heterocycles. The van der Waals surface area contributed by atoms with Crippen LogP contribution in [0.3, 0.4) is 0 Å². The molecule has 11 heavy (non-hydrogen) atoms. The van der Waals surface area contributed by atoms with Crippen LogP contribution in [0.15, 0.2) is 0 Å². The van der Waals surface area contributed by atoms with Crippen molar-refractivity contribution in [2.45, 2.75) is 32.4 Å². The lowest BCUT2D eigenvalue weighted by Gasteiger charge is -2.02. The number of rotatable bonds is 3. The van der Waals surface area contributed by atoms with Crippen LogP contribution >= 0.6 is 0 Å². The van der Waals surface area contributed by atoms with Crippen molar-refractivity contribution in [3.8, 4) is 0 Å². The monoisotopic (exact) mass is 172 g/mol. The molecular weight excluding hydrogens is 161 g/mol. The molecule has 0 aliphatic heterocycles. The third kappa shape index (κ3) is 5.84. The summed E-state index contributed by atoms with van der Waals surface area (Å²) in [5, 5.41) is 0. The molecule has 0 saturated heterocycles. The summed E-state index contributed by atoms with van der Waals surface area (Å²) in [5.74, 6) is -1.62. The summed E-state index contributed by atoms with van der Waals surface area (Å²) in [6, 6.07) is 0. The van der Waals surface area contributed by atoms with Crippen LogP contribution < -0.4 is 0 Å². The molecule has 0 spiro atoms. The maximum atomic E-state index is 11.4. The van der Waals surface area contributed by atoms with Gasteiger partial charge < -0.3 is 5.48 Å². The second-order valence-electron chi connectivity index (χ2n) is 2.02. The molecule has 68 valence electrons. The van der Waals surface area contributed by atoms with Crippen LogP contribution in [0.25, 0.3) is 0 Å². The van der Waals surface area contributed by atoms with Crippen molar-refractivity contribution < 1.29 is 23.4 Å².